The van der Waals surface area contributed by atoms with Crippen molar-refractivity contribution in [2.24, 2.45) is 0 Å². The minimum atomic E-state index is 0. The minimum Gasteiger partial charge on any atom is -0.501 e. The number of rotatable bonds is 5. The van der Waals surface area contributed by atoms with E-state index in [1.165, 1.54) is 27.9 Å². The molecule has 0 fully saturated rings. The van der Waals surface area contributed by atoms with Crippen molar-refractivity contribution in [3.8, 4) is 28.3 Å². The molecule has 4 aromatic heterocycles. The Kier molecular flexibility index (Phi) is 10.6. The Hall–Kier alpha value is -4.90. The van der Waals surface area contributed by atoms with Crippen molar-refractivity contribution in [2.45, 2.75) is 74.1 Å². The van der Waals surface area contributed by atoms with Crippen LogP contribution < -0.4 is 0 Å². The van der Waals surface area contributed by atoms with Crippen LogP contribution in [0.5, 0.6) is 0 Å². The molecule has 0 bridgehead atoms. The number of pyridine rings is 2. The van der Waals surface area contributed by atoms with Gasteiger partial charge in [0.1, 0.15) is 5.58 Å². The van der Waals surface area contributed by atoms with E-state index in [4.69, 9.17) is 14.4 Å². The summed E-state index contributed by atoms with van der Waals surface area (Å²) in [6.07, 6.45) is 1.88. The number of hydrogen-bond acceptors (Lipinski definition) is 4. The predicted molar refractivity (Wildman–Crippen MR) is 211 cm³/mol. The Morgan fingerprint density at radius 3 is 2.06 bits per heavy atom. The first-order valence-electron chi connectivity index (χ1n) is 17.8. The molecule has 1 radical (unpaired) electrons. The molecule has 0 aliphatic rings. The van der Waals surface area contributed by atoms with Crippen LogP contribution in [0.1, 0.15) is 78.7 Å². The summed E-state index contributed by atoms with van der Waals surface area (Å²) in [5, 5.41) is 2.18. The van der Waals surface area contributed by atoms with Crippen LogP contribution in [-0.2, 0) is 20.1 Å². The molecule has 0 aliphatic carbocycles. The molecule has 52 heavy (non-hydrogen) atoms. The maximum absolute atomic E-state index is 6.46. The number of hydrogen-bond donors (Lipinski definition) is 0. The van der Waals surface area contributed by atoms with Crippen LogP contribution in [-0.4, -0.2) is 19.5 Å². The van der Waals surface area contributed by atoms with Gasteiger partial charge in [0, 0.05) is 43.1 Å². The zero-order chi connectivity index (χ0) is 36.0. The largest absolute Gasteiger partial charge is 0.501 e. The van der Waals surface area contributed by atoms with Gasteiger partial charge < -0.3 is 14.0 Å². The van der Waals surface area contributed by atoms with E-state index in [1.807, 2.05) is 49.5 Å². The van der Waals surface area contributed by atoms with Gasteiger partial charge in [-0.2, -0.15) is 0 Å². The molecule has 4 heterocycles. The number of furan rings is 1. The Balaban J connectivity index is 0.000000260. The summed E-state index contributed by atoms with van der Waals surface area (Å²) in [6, 6.07) is 35.9. The Morgan fingerprint density at radius 2 is 1.40 bits per heavy atom. The fraction of sp³-hybridized carbons (Fsp3) is 0.239. The summed E-state index contributed by atoms with van der Waals surface area (Å²) in [5.74, 6) is 1.52. The second-order valence-corrected chi connectivity index (χ2v) is 14.2. The van der Waals surface area contributed by atoms with E-state index in [-0.39, 0.29) is 20.1 Å². The second kappa shape index (κ2) is 15.0. The topological polar surface area (TPSA) is 56.7 Å². The molecule has 8 aromatic rings. The van der Waals surface area contributed by atoms with Crippen LogP contribution >= 0.6 is 0 Å². The molecule has 4 aromatic carbocycles. The van der Waals surface area contributed by atoms with E-state index in [0.717, 1.165) is 72.6 Å². The Labute approximate surface area is 320 Å². The molecule has 0 spiro atoms. The monoisotopic (exact) mass is 861 g/mol. The molecule has 0 N–H and O–H groups in total. The van der Waals surface area contributed by atoms with E-state index in [1.54, 1.807) is 0 Å². The van der Waals surface area contributed by atoms with Gasteiger partial charge in [0.15, 0.2) is 0 Å². The number of aromatic nitrogens is 4. The van der Waals surface area contributed by atoms with Crippen LogP contribution in [0.25, 0.3) is 61.3 Å². The summed E-state index contributed by atoms with van der Waals surface area (Å²) in [6.45, 7) is 19.4. The average Bonchev–Trinajstić information content (AvgIpc) is 3.71. The molecule has 0 saturated heterocycles. The smallest absolute Gasteiger partial charge is 0.120 e. The van der Waals surface area contributed by atoms with Crippen molar-refractivity contribution < 1.29 is 24.5 Å². The van der Waals surface area contributed by atoms with Gasteiger partial charge >= 0.3 is 0 Å². The quantitative estimate of drug-likeness (QED) is 0.162. The average molecular weight is 861 g/mol. The zero-order valence-corrected chi connectivity index (χ0v) is 33.7. The van der Waals surface area contributed by atoms with Gasteiger partial charge in [-0.25, -0.2) is 0 Å². The van der Waals surface area contributed by atoms with Gasteiger partial charge in [-0.3, -0.25) is 9.97 Å². The first kappa shape index (κ1) is 36.9. The van der Waals surface area contributed by atoms with Gasteiger partial charge in [0.2, 0.25) is 0 Å². The maximum Gasteiger partial charge on any atom is 0.120 e. The molecule has 6 heteroatoms. The first-order chi connectivity index (χ1) is 24.5. The second-order valence-electron chi connectivity index (χ2n) is 14.2. The number of para-hydroxylation sites is 2. The molecule has 0 aliphatic heterocycles. The van der Waals surface area contributed by atoms with Crippen LogP contribution in [0.2, 0.25) is 0 Å². The van der Waals surface area contributed by atoms with Crippen LogP contribution in [0.15, 0.2) is 95.5 Å². The molecule has 0 saturated carbocycles. The van der Waals surface area contributed by atoms with Crippen molar-refractivity contribution in [3.05, 3.63) is 142 Å². The summed E-state index contributed by atoms with van der Waals surface area (Å²) in [4.78, 5) is 14.5. The van der Waals surface area contributed by atoms with Gasteiger partial charge in [-0.1, -0.05) is 94.1 Å². The fourth-order valence-electron chi connectivity index (χ4n) is 6.88. The third-order valence-corrected chi connectivity index (χ3v) is 9.74. The van der Waals surface area contributed by atoms with Gasteiger partial charge in [-0.05, 0) is 73.5 Å². The molecule has 0 amide bonds. The first-order valence-corrected chi connectivity index (χ1v) is 17.8. The third kappa shape index (κ3) is 6.74. The van der Waals surface area contributed by atoms with Crippen LogP contribution in [0.4, 0.5) is 0 Å². The normalized spacial score (nSPS) is 11.4. The van der Waals surface area contributed by atoms with Crippen molar-refractivity contribution in [1.82, 2.24) is 19.5 Å². The number of aryl methyl sites for hydroxylation is 5. The molecule has 0 atom stereocenters. The minimum absolute atomic E-state index is 0. The third-order valence-electron chi connectivity index (χ3n) is 9.74. The predicted octanol–water partition coefficient (Wildman–Crippen LogP) is 12.1. The van der Waals surface area contributed by atoms with Gasteiger partial charge in [-0.15, -0.1) is 53.6 Å². The number of benzene rings is 4. The Morgan fingerprint density at radius 1 is 0.692 bits per heavy atom. The fourth-order valence-corrected chi connectivity index (χ4v) is 6.88. The summed E-state index contributed by atoms with van der Waals surface area (Å²) in [7, 11) is 0. The van der Waals surface area contributed by atoms with Crippen molar-refractivity contribution in [2.75, 3.05) is 0 Å². The summed E-state index contributed by atoms with van der Waals surface area (Å²) < 4.78 is 8.83. The zero-order valence-electron chi connectivity index (χ0n) is 31.3. The van der Waals surface area contributed by atoms with Crippen molar-refractivity contribution >= 4 is 33.0 Å². The SMILES string of the molecule is Cc1c[c-]c(-c2ccc(C)cn2)cc1.Cc1nc(C)c2nc(-c3[c-]ccc4c3oc3ccccc34)n(-c3c(C(C)C)cccc3C(C)C)c2c1C.[Ir]. The molecule has 0 unspecified atom stereocenters. The molecular weight excluding hydrogens is 817 g/mol. The van der Waals surface area contributed by atoms with E-state index < -0.39 is 0 Å². The van der Waals surface area contributed by atoms with Crippen LogP contribution in [0, 0.1) is 46.8 Å². The number of nitrogens with zero attached hydrogens (tertiary/aromatic N) is 4. The molecule has 265 valence electrons. The number of fused-ring (bicyclic) bond motifs is 4. The van der Waals surface area contributed by atoms with E-state index >= 15 is 0 Å². The van der Waals surface area contributed by atoms with Crippen LogP contribution in [0.3, 0.4) is 0 Å². The van der Waals surface area contributed by atoms with Crippen molar-refractivity contribution in [3.63, 3.8) is 0 Å². The van der Waals surface area contributed by atoms with Crippen molar-refractivity contribution in [1.29, 1.82) is 0 Å². The van der Waals surface area contributed by atoms with E-state index in [9.17, 15) is 0 Å². The molecule has 5 nitrogen and oxygen atoms in total. The van der Waals surface area contributed by atoms with E-state index in [0.29, 0.717) is 11.8 Å². The molecular formula is C46H44IrN4O-2. The van der Waals surface area contributed by atoms with Gasteiger partial charge in [0.25, 0.3) is 0 Å². The number of imidazole rings is 1. The summed E-state index contributed by atoms with van der Waals surface area (Å²) >= 11 is 0. The Bertz CT molecular complexity index is 2450. The van der Waals surface area contributed by atoms with E-state index in [2.05, 4.69) is 126 Å². The summed E-state index contributed by atoms with van der Waals surface area (Å²) in [5.41, 5.74) is 15.9. The molecule has 8 rings (SSSR count). The van der Waals surface area contributed by atoms with Gasteiger partial charge in [0.05, 0.1) is 28.1 Å². The maximum atomic E-state index is 6.46. The standard InChI is InChI=1S/C33H32N3O.C13H12N.Ir/c1-18(2)23-13-10-14-24(19(3)4)31(23)36-30-20(5)21(6)34-22(7)29(30)35-33(36)27-16-11-15-26-25-12-8-9-17-28(25)37-32(26)27;1-10-3-6-12(7-4-10)13-8-5-11(2)9-14-13;/h8-15,17-19H,1-7H3;3-6,8-9H,1-2H3;/q2*-1;.